The third-order valence-electron chi connectivity index (χ3n) is 3.90. The average molecular weight is 395 g/mol. The van der Waals surface area contributed by atoms with Crippen LogP contribution < -0.4 is 5.32 Å². The number of benzene rings is 2. The Bertz CT molecular complexity index is 592. The maximum Gasteiger partial charge on any atom is 0.0208 e. The molecule has 0 aromatic heterocycles. The molecule has 0 spiro atoms. The van der Waals surface area contributed by atoms with Crippen molar-refractivity contribution >= 4 is 31.9 Å². The lowest BCUT2D eigenvalue weighted by Gasteiger charge is -2.26. The maximum absolute atomic E-state index is 3.69. The predicted octanol–water partition coefficient (Wildman–Crippen LogP) is 4.86. The molecule has 3 rings (SSSR count). The van der Waals surface area contributed by atoms with E-state index in [0.717, 1.165) is 17.4 Å². The molecule has 104 valence electrons. The lowest BCUT2D eigenvalue weighted by Crippen LogP contribution is -2.34. The maximum atomic E-state index is 3.69. The van der Waals surface area contributed by atoms with E-state index in [1.165, 1.54) is 34.0 Å². The minimum absolute atomic E-state index is 0.590. The molecule has 1 N–H and O–H groups in total. The van der Waals surface area contributed by atoms with Gasteiger partial charge in [-0.2, -0.15) is 0 Å². The molecule has 1 unspecified atom stereocenters. The molecule has 20 heavy (non-hydrogen) atoms. The fourth-order valence-electron chi connectivity index (χ4n) is 2.76. The van der Waals surface area contributed by atoms with Crippen LogP contribution in [0, 0.1) is 0 Å². The van der Waals surface area contributed by atoms with Gasteiger partial charge in [-0.1, -0.05) is 50.1 Å². The smallest absolute Gasteiger partial charge is 0.0208 e. The summed E-state index contributed by atoms with van der Waals surface area (Å²) in [5.74, 6) is 0. The van der Waals surface area contributed by atoms with Crippen molar-refractivity contribution in [3.05, 3.63) is 68.1 Å². The number of hydrogen-bond donors (Lipinski definition) is 1. The van der Waals surface area contributed by atoms with Gasteiger partial charge in [-0.25, -0.2) is 0 Å². The van der Waals surface area contributed by atoms with Gasteiger partial charge in [0.2, 0.25) is 0 Å². The zero-order chi connectivity index (χ0) is 13.9. The summed E-state index contributed by atoms with van der Waals surface area (Å²) in [6.45, 7) is 0.948. The molecule has 2 aromatic carbocycles. The minimum Gasteiger partial charge on any atom is -0.310 e. The summed E-state index contributed by atoms with van der Waals surface area (Å²) in [6.07, 6.45) is 3.53. The number of hydrogen-bond acceptors (Lipinski definition) is 1. The van der Waals surface area contributed by atoms with Crippen LogP contribution in [0.15, 0.2) is 51.4 Å². The molecule has 0 aliphatic heterocycles. The van der Waals surface area contributed by atoms with Gasteiger partial charge in [0.15, 0.2) is 0 Å². The Balaban J connectivity index is 1.60. The van der Waals surface area contributed by atoms with E-state index in [9.17, 15) is 0 Å². The second-order valence-electron chi connectivity index (χ2n) is 5.36. The lowest BCUT2D eigenvalue weighted by molar-refractivity contribution is 0.457. The molecule has 0 saturated heterocycles. The molecule has 1 aliphatic rings. The van der Waals surface area contributed by atoms with Crippen LogP contribution in [0.5, 0.6) is 0 Å². The van der Waals surface area contributed by atoms with Crippen molar-refractivity contribution in [1.82, 2.24) is 5.32 Å². The summed E-state index contributed by atoms with van der Waals surface area (Å²) in [6, 6.07) is 15.8. The highest BCUT2D eigenvalue weighted by molar-refractivity contribution is 9.10. The Labute approximate surface area is 137 Å². The molecule has 3 heteroatoms. The largest absolute Gasteiger partial charge is 0.310 e. The van der Waals surface area contributed by atoms with Crippen molar-refractivity contribution in [1.29, 1.82) is 0 Å². The van der Waals surface area contributed by atoms with Crippen molar-refractivity contribution in [2.24, 2.45) is 0 Å². The van der Waals surface area contributed by atoms with E-state index in [1.54, 1.807) is 0 Å². The van der Waals surface area contributed by atoms with Crippen LogP contribution in [0.1, 0.15) is 23.1 Å². The quantitative estimate of drug-likeness (QED) is 0.783. The Morgan fingerprint density at radius 2 is 1.70 bits per heavy atom. The predicted molar refractivity (Wildman–Crippen MR) is 90.9 cm³/mol. The molecule has 0 amide bonds. The van der Waals surface area contributed by atoms with Crippen LogP contribution in [0.3, 0.4) is 0 Å². The first kappa shape index (κ1) is 14.3. The van der Waals surface area contributed by atoms with Crippen molar-refractivity contribution in [3.63, 3.8) is 0 Å². The fraction of sp³-hybridized carbons (Fsp3) is 0.294. The van der Waals surface area contributed by atoms with E-state index in [4.69, 9.17) is 0 Å². The molecule has 0 bridgehead atoms. The molecule has 0 radical (unpaired) electrons. The molecular formula is C17H17Br2N. The van der Waals surface area contributed by atoms with E-state index in [0.29, 0.717) is 6.04 Å². The summed E-state index contributed by atoms with van der Waals surface area (Å²) >= 11 is 7.03. The summed E-state index contributed by atoms with van der Waals surface area (Å²) in [4.78, 5) is 0. The first-order chi connectivity index (χ1) is 9.70. The van der Waals surface area contributed by atoms with Crippen LogP contribution in [0.2, 0.25) is 0 Å². The van der Waals surface area contributed by atoms with Gasteiger partial charge >= 0.3 is 0 Å². The SMILES string of the molecule is Brc1ccc(CNC2CCc3cc(Br)ccc3C2)cc1. The van der Waals surface area contributed by atoms with E-state index in [-0.39, 0.29) is 0 Å². The monoisotopic (exact) mass is 393 g/mol. The second kappa shape index (κ2) is 6.42. The van der Waals surface area contributed by atoms with E-state index in [1.807, 2.05) is 0 Å². The van der Waals surface area contributed by atoms with Gasteiger partial charge in [0.25, 0.3) is 0 Å². The van der Waals surface area contributed by atoms with Crippen molar-refractivity contribution in [2.45, 2.75) is 31.8 Å². The number of aryl methyl sites for hydroxylation is 1. The highest BCUT2D eigenvalue weighted by Crippen LogP contribution is 2.25. The standard InChI is InChI=1S/C17H17Br2N/c18-15-5-1-12(2-6-15)11-20-17-8-4-13-9-16(19)7-3-14(13)10-17/h1-3,5-7,9,17,20H,4,8,10-11H2. The molecule has 1 atom stereocenters. The molecule has 0 saturated carbocycles. The zero-order valence-corrected chi connectivity index (χ0v) is 14.4. The zero-order valence-electron chi connectivity index (χ0n) is 11.2. The van der Waals surface area contributed by atoms with Crippen LogP contribution in [-0.2, 0) is 19.4 Å². The Kier molecular flexibility index (Phi) is 4.59. The third-order valence-corrected chi connectivity index (χ3v) is 4.93. The normalized spacial score (nSPS) is 17.8. The van der Waals surface area contributed by atoms with Crippen molar-refractivity contribution < 1.29 is 0 Å². The average Bonchev–Trinajstić information content (AvgIpc) is 2.46. The van der Waals surface area contributed by atoms with Crippen LogP contribution >= 0.6 is 31.9 Å². The first-order valence-electron chi connectivity index (χ1n) is 6.96. The summed E-state index contributed by atoms with van der Waals surface area (Å²) < 4.78 is 2.33. The van der Waals surface area contributed by atoms with Crippen LogP contribution in [0.25, 0.3) is 0 Å². The van der Waals surface area contributed by atoms with Gasteiger partial charge in [-0.3, -0.25) is 0 Å². The first-order valence-corrected chi connectivity index (χ1v) is 8.54. The van der Waals surface area contributed by atoms with E-state index < -0.39 is 0 Å². The number of halogens is 2. The fourth-order valence-corrected chi connectivity index (χ4v) is 3.44. The van der Waals surface area contributed by atoms with Crippen LogP contribution in [0.4, 0.5) is 0 Å². The highest BCUT2D eigenvalue weighted by Gasteiger charge is 2.18. The summed E-state index contributed by atoms with van der Waals surface area (Å²) in [5, 5.41) is 3.69. The lowest BCUT2D eigenvalue weighted by atomic mass is 9.88. The molecule has 0 fully saturated rings. The highest BCUT2D eigenvalue weighted by atomic mass is 79.9. The molecule has 1 aliphatic carbocycles. The summed E-state index contributed by atoms with van der Waals surface area (Å²) in [7, 11) is 0. The van der Waals surface area contributed by atoms with Crippen LogP contribution in [-0.4, -0.2) is 6.04 Å². The number of rotatable bonds is 3. The van der Waals surface area contributed by atoms with Gasteiger partial charge in [0, 0.05) is 21.5 Å². The Morgan fingerprint density at radius 1 is 0.950 bits per heavy atom. The Morgan fingerprint density at radius 3 is 2.50 bits per heavy atom. The molecular weight excluding hydrogens is 378 g/mol. The summed E-state index contributed by atoms with van der Waals surface area (Å²) in [5.41, 5.74) is 4.34. The van der Waals surface area contributed by atoms with Gasteiger partial charge in [0.1, 0.15) is 0 Å². The molecule has 0 heterocycles. The minimum atomic E-state index is 0.590. The number of fused-ring (bicyclic) bond motifs is 1. The third kappa shape index (κ3) is 3.51. The van der Waals surface area contributed by atoms with Gasteiger partial charge in [-0.05, 0) is 60.2 Å². The Hall–Kier alpha value is -0.640. The number of nitrogens with one attached hydrogen (secondary N) is 1. The van der Waals surface area contributed by atoms with E-state index in [2.05, 4.69) is 79.6 Å². The van der Waals surface area contributed by atoms with Crippen molar-refractivity contribution in [3.8, 4) is 0 Å². The second-order valence-corrected chi connectivity index (χ2v) is 7.19. The van der Waals surface area contributed by atoms with Gasteiger partial charge in [-0.15, -0.1) is 0 Å². The van der Waals surface area contributed by atoms with E-state index >= 15 is 0 Å². The van der Waals surface area contributed by atoms with Gasteiger partial charge < -0.3 is 5.32 Å². The van der Waals surface area contributed by atoms with Gasteiger partial charge in [0.05, 0.1) is 0 Å². The topological polar surface area (TPSA) is 12.0 Å². The molecule has 2 aromatic rings. The molecule has 1 nitrogen and oxygen atoms in total. The van der Waals surface area contributed by atoms with Crippen molar-refractivity contribution in [2.75, 3.05) is 0 Å².